The maximum absolute atomic E-state index is 12.8. The summed E-state index contributed by atoms with van der Waals surface area (Å²) in [6.07, 6.45) is 0.201. The largest absolute Gasteiger partial charge is 0.388 e. The van der Waals surface area contributed by atoms with Gasteiger partial charge in [0.1, 0.15) is 11.9 Å². The molecule has 0 unspecified atom stereocenters. The SMILES string of the molecule is C[C@@H]1CC[C@]2(O)[C@@]13CC(=O)[C@]1(C)[C@]2(C)CO[C@@]1(O)[C@H]3O. The van der Waals surface area contributed by atoms with Gasteiger partial charge in [0.25, 0.3) is 0 Å². The Morgan fingerprint density at radius 3 is 2.60 bits per heavy atom. The molecule has 112 valence electrons. The Kier molecular flexibility index (Phi) is 1.98. The molecule has 5 fully saturated rings. The van der Waals surface area contributed by atoms with Gasteiger partial charge in [-0.2, -0.15) is 0 Å². The van der Waals surface area contributed by atoms with Gasteiger partial charge >= 0.3 is 0 Å². The van der Waals surface area contributed by atoms with E-state index in [0.29, 0.717) is 6.42 Å². The Bertz CT molecular complexity index is 534. The molecule has 1 heterocycles. The standard InChI is InChI=1S/C15H22O5/c1-8-4-5-14(18)11(2)7-20-15(19)10(17)13(8,14)6-9(16)12(11,15)3/h8,10,17-19H,4-7H2,1-3H3/t8-,10+,11+,12-,13+,14-,15+/m1/s1. The van der Waals surface area contributed by atoms with Gasteiger partial charge in [0, 0.05) is 17.3 Å². The van der Waals surface area contributed by atoms with E-state index in [0.717, 1.165) is 6.42 Å². The van der Waals surface area contributed by atoms with Crippen LogP contribution in [0.3, 0.4) is 0 Å². The van der Waals surface area contributed by atoms with Crippen molar-refractivity contribution in [2.24, 2.45) is 22.2 Å². The second kappa shape index (κ2) is 3.00. The molecule has 4 saturated carbocycles. The van der Waals surface area contributed by atoms with E-state index in [4.69, 9.17) is 4.74 Å². The van der Waals surface area contributed by atoms with Gasteiger partial charge in [-0.25, -0.2) is 0 Å². The van der Waals surface area contributed by atoms with Crippen LogP contribution in [-0.2, 0) is 9.53 Å². The Morgan fingerprint density at radius 1 is 1.30 bits per heavy atom. The average Bonchev–Trinajstić information content (AvgIpc) is 2.77. The van der Waals surface area contributed by atoms with Gasteiger partial charge in [-0.1, -0.05) is 13.8 Å². The summed E-state index contributed by atoms with van der Waals surface area (Å²) in [5, 5.41) is 33.3. The number of aliphatic hydroxyl groups excluding tert-OH is 1. The van der Waals surface area contributed by atoms with Crippen molar-refractivity contribution in [1.29, 1.82) is 0 Å². The molecule has 5 nitrogen and oxygen atoms in total. The molecule has 0 aromatic carbocycles. The minimum Gasteiger partial charge on any atom is -0.388 e. The molecular formula is C15H22O5. The van der Waals surface area contributed by atoms with Crippen LogP contribution in [0.25, 0.3) is 0 Å². The number of aliphatic hydroxyl groups is 3. The minimum atomic E-state index is -1.87. The zero-order chi connectivity index (χ0) is 14.8. The Morgan fingerprint density at radius 2 is 1.95 bits per heavy atom. The molecular weight excluding hydrogens is 260 g/mol. The third-order valence-electron chi connectivity index (χ3n) is 7.77. The Labute approximate surface area is 117 Å². The van der Waals surface area contributed by atoms with Gasteiger partial charge in [0.15, 0.2) is 0 Å². The summed E-state index contributed by atoms with van der Waals surface area (Å²) >= 11 is 0. The van der Waals surface area contributed by atoms with E-state index < -0.39 is 33.7 Å². The van der Waals surface area contributed by atoms with Crippen LogP contribution < -0.4 is 0 Å². The van der Waals surface area contributed by atoms with Crippen LogP contribution in [0.1, 0.15) is 40.0 Å². The normalized spacial score (nSPS) is 67.6. The molecule has 4 bridgehead atoms. The highest BCUT2D eigenvalue weighted by Crippen LogP contribution is 2.79. The molecule has 4 aliphatic carbocycles. The van der Waals surface area contributed by atoms with Crippen molar-refractivity contribution in [3.8, 4) is 0 Å². The van der Waals surface area contributed by atoms with Crippen LogP contribution in [0.5, 0.6) is 0 Å². The average molecular weight is 282 g/mol. The number of ether oxygens (including phenoxy) is 1. The maximum Gasteiger partial charge on any atom is 0.206 e. The number of fused-ring (bicyclic) bond motifs is 1. The third kappa shape index (κ3) is 0.794. The minimum absolute atomic E-state index is 0.0242. The molecule has 1 aliphatic heterocycles. The van der Waals surface area contributed by atoms with Crippen LogP contribution in [0.4, 0.5) is 0 Å². The highest BCUT2D eigenvalue weighted by atomic mass is 16.6. The van der Waals surface area contributed by atoms with Crippen LogP contribution in [0.2, 0.25) is 0 Å². The van der Waals surface area contributed by atoms with Crippen molar-refractivity contribution >= 4 is 5.78 Å². The number of Topliss-reactive ketones (excluding diaryl/α,β-unsaturated/α-hetero) is 1. The number of hydrogen-bond acceptors (Lipinski definition) is 5. The lowest BCUT2D eigenvalue weighted by Crippen LogP contribution is -2.83. The predicted molar refractivity (Wildman–Crippen MR) is 68.5 cm³/mol. The Balaban J connectivity index is 2.10. The summed E-state index contributed by atoms with van der Waals surface area (Å²) in [7, 11) is 0. The molecule has 0 aromatic heterocycles. The van der Waals surface area contributed by atoms with Crippen molar-refractivity contribution in [1.82, 2.24) is 0 Å². The van der Waals surface area contributed by atoms with Gasteiger partial charge in [0.2, 0.25) is 5.79 Å². The fourth-order valence-electron chi connectivity index (χ4n) is 6.15. The maximum atomic E-state index is 12.8. The van der Waals surface area contributed by atoms with Crippen LogP contribution in [0.15, 0.2) is 0 Å². The second-order valence-corrected chi connectivity index (χ2v) is 7.79. The molecule has 0 amide bonds. The lowest BCUT2D eigenvalue weighted by atomic mass is 9.35. The smallest absolute Gasteiger partial charge is 0.206 e. The molecule has 3 N–H and O–H groups in total. The van der Waals surface area contributed by atoms with E-state index in [1.807, 2.05) is 13.8 Å². The summed E-state index contributed by atoms with van der Waals surface area (Å²) in [5.41, 5.74) is -4.25. The zero-order valence-corrected chi connectivity index (χ0v) is 12.1. The van der Waals surface area contributed by atoms with E-state index in [2.05, 4.69) is 0 Å². The second-order valence-electron chi connectivity index (χ2n) is 7.79. The molecule has 5 heteroatoms. The van der Waals surface area contributed by atoms with Crippen molar-refractivity contribution < 1.29 is 24.9 Å². The molecule has 0 aromatic rings. The number of carbonyl (C=O) groups excluding carboxylic acids is 1. The van der Waals surface area contributed by atoms with Gasteiger partial charge in [-0.15, -0.1) is 0 Å². The summed E-state index contributed by atoms with van der Waals surface area (Å²) in [6, 6.07) is 0. The lowest BCUT2D eigenvalue weighted by Gasteiger charge is -2.69. The number of carbonyl (C=O) groups is 1. The Hall–Kier alpha value is -0.490. The van der Waals surface area contributed by atoms with E-state index in [1.165, 1.54) is 0 Å². The number of hydrogen-bond donors (Lipinski definition) is 3. The molecule has 1 spiro atoms. The van der Waals surface area contributed by atoms with Crippen LogP contribution in [-0.4, -0.2) is 45.2 Å². The molecule has 5 aliphatic rings. The molecule has 0 radical (unpaired) electrons. The van der Waals surface area contributed by atoms with Gasteiger partial charge < -0.3 is 20.1 Å². The van der Waals surface area contributed by atoms with Crippen molar-refractivity contribution in [2.45, 2.75) is 57.5 Å². The first-order valence-electron chi connectivity index (χ1n) is 7.42. The first-order chi connectivity index (χ1) is 9.12. The number of ketones is 1. The molecule has 5 rings (SSSR count). The van der Waals surface area contributed by atoms with Crippen LogP contribution >= 0.6 is 0 Å². The van der Waals surface area contributed by atoms with Crippen molar-refractivity contribution in [3.05, 3.63) is 0 Å². The van der Waals surface area contributed by atoms with Gasteiger partial charge in [-0.3, -0.25) is 4.79 Å². The fourth-order valence-corrected chi connectivity index (χ4v) is 6.15. The topological polar surface area (TPSA) is 87.0 Å². The highest BCUT2D eigenvalue weighted by molar-refractivity contribution is 5.91. The van der Waals surface area contributed by atoms with E-state index in [9.17, 15) is 20.1 Å². The van der Waals surface area contributed by atoms with E-state index in [1.54, 1.807) is 6.92 Å². The van der Waals surface area contributed by atoms with Gasteiger partial charge in [-0.05, 0) is 25.7 Å². The fraction of sp³-hybridized carbons (Fsp3) is 0.933. The predicted octanol–water partition coefficient (Wildman–Crippen LogP) is 0.212. The summed E-state index contributed by atoms with van der Waals surface area (Å²) < 4.78 is 5.56. The quantitative estimate of drug-likeness (QED) is 0.591. The van der Waals surface area contributed by atoms with Crippen LogP contribution in [0, 0.1) is 22.2 Å². The molecule has 20 heavy (non-hydrogen) atoms. The molecule has 7 atom stereocenters. The lowest BCUT2D eigenvalue weighted by molar-refractivity contribution is -0.368. The van der Waals surface area contributed by atoms with Gasteiger partial charge in [0.05, 0.1) is 17.6 Å². The zero-order valence-electron chi connectivity index (χ0n) is 12.1. The summed E-state index contributed by atoms with van der Waals surface area (Å²) in [6.45, 7) is 5.54. The first kappa shape index (κ1) is 13.2. The first-order valence-corrected chi connectivity index (χ1v) is 7.42. The van der Waals surface area contributed by atoms with E-state index in [-0.39, 0.29) is 24.7 Å². The molecule has 1 saturated heterocycles. The van der Waals surface area contributed by atoms with Crippen molar-refractivity contribution in [2.75, 3.05) is 6.61 Å². The monoisotopic (exact) mass is 282 g/mol. The van der Waals surface area contributed by atoms with E-state index >= 15 is 0 Å². The summed E-state index contributed by atoms with van der Waals surface area (Å²) in [4.78, 5) is 12.8. The number of rotatable bonds is 0. The van der Waals surface area contributed by atoms with Crippen molar-refractivity contribution in [3.63, 3.8) is 0 Å². The highest BCUT2D eigenvalue weighted by Gasteiger charge is 2.91. The summed E-state index contributed by atoms with van der Waals surface area (Å²) in [5.74, 6) is -1.99. The third-order valence-corrected chi connectivity index (χ3v) is 7.77.